The standard InChI is InChI=1S/C33H46O2/c1-3-5-6-8-26-11-15-27(16-12-26)29-17-19-31(20-18-29)33(34)35-32-23-21-30(22-24-32)28-13-9-25(7-4-2)10-14-28/h11-12,15-20,25,28,30,32H,3-10,13-14,21-24H2,1-2H3. The Morgan fingerprint density at radius 2 is 1.29 bits per heavy atom. The highest BCUT2D eigenvalue weighted by Gasteiger charge is 2.31. The minimum atomic E-state index is -0.161. The molecule has 0 aliphatic heterocycles. The molecule has 2 aliphatic carbocycles. The van der Waals surface area contributed by atoms with Crippen molar-refractivity contribution in [1.82, 2.24) is 0 Å². The molecule has 0 spiro atoms. The van der Waals surface area contributed by atoms with E-state index in [0.717, 1.165) is 42.6 Å². The van der Waals surface area contributed by atoms with E-state index >= 15 is 0 Å². The summed E-state index contributed by atoms with van der Waals surface area (Å²) in [7, 11) is 0. The maximum atomic E-state index is 12.8. The van der Waals surface area contributed by atoms with Crippen LogP contribution < -0.4 is 0 Å². The van der Waals surface area contributed by atoms with Crippen LogP contribution in [0.5, 0.6) is 0 Å². The van der Waals surface area contributed by atoms with Crippen molar-refractivity contribution >= 4 is 5.97 Å². The molecule has 0 radical (unpaired) electrons. The lowest BCUT2D eigenvalue weighted by Crippen LogP contribution is -2.29. The van der Waals surface area contributed by atoms with E-state index in [0.29, 0.717) is 5.56 Å². The summed E-state index contributed by atoms with van der Waals surface area (Å²) in [5.74, 6) is 2.59. The molecule has 0 heterocycles. The summed E-state index contributed by atoms with van der Waals surface area (Å²) >= 11 is 0. The molecular formula is C33H46O2. The fraction of sp³-hybridized carbons (Fsp3) is 0.606. The number of hydrogen-bond acceptors (Lipinski definition) is 2. The Balaban J connectivity index is 1.22. The highest BCUT2D eigenvalue weighted by molar-refractivity contribution is 5.90. The van der Waals surface area contributed by atoms with Crippen molar-refractivity contribution in [2.75, 3.05) is 0 Å². The zero-order valence-corrected chi connectivity index (χ0v) is 22.1. The maximum absolute atomic E-state index is 12.8. The van der Waals surface area contributed by atoms with Gasteiger partial charge >= 0.3 is 5.97 Å². The number of aryl methyl sites for hydroxylation is 1. The zero-order valence-electron chi connectivity index (χ0n) is 22.1. The lowest BCUT2D eigenvalue weighted by atomic mass is 9.70. The molecular weight excluding hydrogens is 428 g/mol. The van der Waals surface area contributed by atoms with Gasteiger partial charge in [0.25, 0.3) is 0 Å². The lowest BCUT2D eigenvalue weighted by Gasteiger charge is -2.37. The topological polar surface area (TPSA) is 26.3 Å². The predicted octanol–water partition coefficient (Wildman–Crippen LogP) is 9.41. The summed E-state index contributed by atoms with van der Waals surface area (Å²) in [5.41, 5.74) is 4.42. The molecule has 4 rings (SSSR count). The molecule has 2 aromatic rings. The number of rotatable bonds is 10. The van der Waals surface area contributed by atoms with Crippen LogP contribution in [0.4, 0.5) is 0 Å². The number of carbonyl (C=O) groups excluding carboxylic acids is 1. The average Bonchev–Trinajstić information content (AvgIpc) is 2.90. The van der Waals surface area contributed by atoms with E-state index < -0.39 is 0 Å². The van der Waals surface area contributed by atoms with Crippen LogP contribution in [0.2, 0.25) is 0 Å². The van der Waals surface area contributed by atoms with Gasteiger partial charge < -0.3 is 4.74 Å². The van der Waals surface area contributed by atoms with Crippen molar-refractivity contribution in [2.45, 2.75) is 110 Å². The summed E-state index contributed by atoms with van der Waals surface area (Å²) in [5, 5.41) is 0. The van der Waals surface area contributed by atoms with Gasteiger partial charge in [-0.05, 0) is 97.9 Å². The van der Waals surface area contributed by atoms with Gasteiger partial charge in [0.1, 0.15) is 6.10 Å². The van der Waals surface area contributed by atoms with E-state index in [2.05, 4.69) is 50.2 Å². The van der Waals surface area contributed by atoms with E-state index in [1.165, 1.54) is 81.8 Å². The molecule has 2 aliphatic rings. The quantitative estimate of drug-likeness (QED) is 0.253. The number of unbranched alkanes of at least 4 members (excludes halogenated alkanes) is 2. The Bertz CT molecular complexity index is 882. The molecule has 190 valence electrons. The molecule has 0 amide bonds. The second-order valence-corrected chi connectivity index (χ2v) is 11.2. The zero-order chi connectivity index (χ0) is 24.5. The van der Waals surface area contributed by atoms with Crippen molar-refractivity contribution < 1.29 is 9.53 Å². The van der Waals surface area contributed by atoms with Gasteiger partial charge in [0.2, 0.25) is 0 Å². The van der Waals surface area contributed by atoms with Gasteiger partial charge in [0.15, 0.2) is 0 Å². The molecule has 35 heavy (non-hydrogen) atoms. The van der Waals surface area contributed by atoms with Gasteiger partial charge in [-0.2, -0.15) is 0 Å². The molecule has 2 aromatic carbocycles. The van der Waals surface area contributed by atoms with Crippen LogP contribution in [0.3, 0.4) is 0 Å². The number of benzene rings is 2. The second kappa shape index (κ2) is 13.3. The van der Waals surface area contributed by atoms with Crippen LogP contribution in [0.25, 0.3) is 11.1 Å². The van der Waals surface area contributed by atoms with Crippen molar-refractivity contribution in [3.05, 3.63) is 59.7 Å². The number of hydrogen-bond donors (Lipinski definition) is 0. The highest BCUT2D eigenvalue weighted by atomic mass is 16.5. The number of ether oxygens (including phenoxy) is 1. The van der Waals surface area contributed by atoms with Crippen molar-refractivity contribution in [3.63, 3.8) is 0 Å². The van der Waals surface area contributed by atoms with Gasteiger partial charge in [-0.3, -0.25) is 0 Å². The van der Waals surface area contributed by atoms with Crippen molar-refractivity contribution in [3.8, 4) is 11.1 Å². The van der Waals surface area contributed by atoms with Crippen LogP contribution in [-0.2, 0) is 11.2 Å². The van der Waals surface area contributed by atoms with Crippen LogP contribution >= 0.6 is 0 Å². The molecule has 0 aromatic heterocycles. The first-order valence-corrected chi connectivity index (χ1v) is 14.6. The first-order chi connectivity index (χ1) is 17.2. The van der Waals surface area contributed by atoms with Crippen LogP contribution in [-0.4, -0.2) is 12.1 Å². The smallest absolute Gasteiger partial charge is 0.338 e. The molecule has 2 nitrogen and oxygen atoms in total. The molecule has 2 heteroatoms. The Kier molecular flexibility index (Phi) is 9.86. The van der Waals surface area contributed by atoms with E-state index in [1.807, 2.05) is 12.1 Å². The summed E-state index contributed by atoms with van der Waals surface area (Å²) < 4.78 is 5.93. The summed E-state index contributed by atoms with van der Waals surface area (Å²) in [4.78, 5) is 12.8. The summed E-state index contributed by atoms with van der Waals surface area (Å²) in [6.07, 6.45) is 18.1. The van der Waals surface area contributed by atoms with E-state index in [-0.39, 0.29) is 12.1 Å². The van der Waals surface area contributed by atoms with E-state index in [4.69, 9.17) is 4.74 Å². The Labute approximate surface area is 213 Å². The van der Waals surface area contributed by atoms with Gasteiger partial charge in [-0.25, -0.2) is 4.79 Å². The fourth-order valence-electron chi connectivity index (χ4n) is 6.50. The second-order valence-electron chi connectivity index (χ2n) is 11.2. The van der Waals surface area contributed by atoms with Crippen molar-refractivity contribution in [2.24, 2.45) is 17.8 Å². The third-order valence-electron chi connectivity index (χ3n) is 8.72. The fourth-order valence-corrected chi connectivity index (χ4v) is 6.50. The molecule has 0 bridgehead atoms. The third kappa shape index (κ3) is 7.45. The lowest BCUT2D eigenvalue weighted by molar-refractivity contribution is 0.0109. The van der Waals surface area contributed by atoms with Gasteiger partial charge in [-0.15, -0.1) is 0 Å². The third-order valence-corrected chi connectivity index (χ3v) is 8.72. The highest BCUT2D eigenvalue weighted by Crippen LogP contribution is 2.41. The Morgan fingerprint density at radius 3 is 1.86 bits per heavy atom. The molecule has 2 saturated carbocycles. The van der Waals surface area contributed by atoms with Crippen LogP contribution in [0.1, 0.15) is 113 Å². The SMILES string of the molecule is CCCCCc1ccc(-c2ccc(C(=O)OC3CCC(C4CCC(CCC)CC4)CC3)cc2)cc1. The average molecular weight is 475 g/mol. The monoisotopic (exact) mass is 474 g/mol. The maximum Gasteiger partial charge on any atom is 0.338 e. The first-order valence-electron chi connectivity index (χ1n) is 14.6. The summed E-state index contributed by atoms with van der Waals surface area (Å²) in [6.45, 7) is 4.56. The van der Waals surface area contributed by atoms with Gasteiger partial charge in [-0.1, -0.05) is 88.8 Å². The van der Waals surface area contributed by atoms with Gasteiger partial charge in [0, 0.05) is 0 Å². The Morgan fingerprint density at radius 1 is 0.714 bits per heavy atom. The minimum Gasteiger partial charge on any atom is -0.459 e. The summed E-state index contributed by atoms with van der Waals surface area (Å²) in [6, 6.07) is 16.8. The normalized spacial score (nSPS) is 24.7. The molecule has 2 fully saturated rings. The predicted molar refractivity (Wildman–Crippen MR) is 147 cm³/mol. The van der Waals surface area contributed by atoms with E-state index in [1.54, 1.807) is 0 Å². The number of carbonyl (C=O) groups is 1. The number of esters is 1. The first kappa shape index (κ1) is 26.0. The van der Waals surface area contributed by atoms with Crippen molar-refractivity contribution in [1.29, 1.82) is 0 Å². The van der Waals surface area contributed by atoms with Crippen LogP contribution in [0.15, 0.2) is 48.5 Å². The molecule has 0 N–H and O–H groups in total. The van der Waals surface area contributed by atoms with E-state index in [9.17, 15) is 4.79 Å². The molecule has 0 saturated heterocycles. The van der Waals surface area contributed by atoms with Gasteiger partial charge in [0.05, 0.1) is 5.56 Å². The minimum absolute atomic E-state index is 0.0927. The Hall–Kier alpha value is -2.09. The van der Waals surface area contributed by atoms with Crippen LogP contribution in [0, 0.1) is 17.8 Å². The molecule has 0 unspecified atom stereocenters. The largest absolute Gasteiger partial charge is 0.459 e. The molecule has 0 atom stereocenters.